The van der Waals surface area contributed by atoms with Gasteiger partial charge in [0.2, 0.25) is 0 Å². The minimum atomic E-state index is -1.96. The van der Waals surface area contributed by atoms with E-state index in [1.807, 2.05) is 0 Å². The summed E-state index contributed by atoms with van der Waals surface area (Å²) in [4.78, 5) is 0. The van der Waals surface area contributed by atoms with Crippen LogP contribution >= 0.6 is 0 Å². The average molecular weight is 312 g/mol. The van der Waals surface area contributed by atoms with Crippen molar-refractivity contribution in [3.05, 3.63) is 24.0 Å². The van der Waals surface area contributed by atoms with Gasteiger partial charge in [-0.05, 0) is 18.6 Å². The van der Waals surface area contributed by atoms with Crippen LogP contribution < -0.4 is 9.39 Å². The predicted octanol–water partition coefficient (Wildman–Crippen LogP) is 3.69. The standard InChI is InChI=1S/C16H26BFO4/c1-2-3-4-5-6-7-8-9-12-21-16-11-10-14(13-15(16)18)22-17(19)20/h10-11,13,19-20H,2-9,12H2,1H3. The molecule has 0 heterocycles. The highest BCUT2D eigenvalue weighted by Gasteiger charge is 2.13. The van der Waals surface area contributed by atoms with E-state index in [1.165, 1.54) is 50.7 Å². The lowest BCUT2D eigenvalue weighted by Gasteiger charge is -2.09. The molecule has 0 aromatic heterocycles. The number of unbranched alkanes of at least 4 members (excludes halogenated alkanes) is 7. The van der Waals surface area contributed by atoms with Crippen LogP contribution in [0, 0.1) is 5.82 Å². The van der Waals surface area contributed by atoms with E-state index in [4.69, 9.17) is 14.8 Å². The molecule has 0 aliphatic rings. The van der Waals surface area contributed by atoms with E-state index in [0.717, 1.165) is 18.9 Å². The van der Waals surface area contributed by atoms with Crippen LogP contribution in [0.2, 0.25) is 0 Å². The summed E-state index contributed by atoms with van der Waals surface area (Å²) in [7, 11) is -1.96. The molecule has 1 aromatic rings. The number of benzene rings is 1. The molecule has 0 spiro atoms. The van der Waals surface area contributed by atoms with Crippen molar-refractivity contribution in [2.75, 3.05) is 6.61 Å². The largest absolute Gasteiger partial charge is 0.707 e. The number of halogens is 1. The van der Waals surface area contributed by atoms with Crippen molar-refractivity contribution in [1.82, 2.24) is 0 Å². The molecule has 1 rings (SSSR count). The monoisotopic (exact) mass is 312 g/mol. The maximum atomic E-state index is 13.7. The zero-order valence-corrected chi connectivity index (χ0v) is 13.3. The lowest BCUT2D eigenvalue weighted by Crippen LogP contribution is -2.20. The van der Waals surface area contributed by atoms with Gasteiger partial charge in [0.15, 0.2) is 11.6 Å². The lowest BCUT2D eigenvalue weighted by molar-refractivity contribution is 0.280. The van der Waals surface area contributed by atoms with Crippen LogP contribution in [0.1, 0.15) is 58.3 Å². The molecular weight excluding hydrogens is 286 g/mol. The van der Waals surface area contributed by atoms with Crippen molar-refractivity contribution in [1.29, 1.82) is 0 Å². The molecule has 2 N–H and O–H groups in total. The fraction of sp³-hybridized carbons (Fsp3) is 0.625. The van der Waals surface area contributed by atoms with Crippen molar-refractivity contribution in [2.24, 2.45) is 0 Å². The van der Waals surface area contributed by atoms with Crippen LogP contribution in [0.15, 0.2) is 18.2 Å². The fourth-order valence-electron chi connectivity index (χ4n) is 2.21. The Bertz CT molecular complexity index is 415. The van der Waals surface area contributed by atoms with E-state index in [9.17, 15) is 4.39 Å². The maximum absolute atomic E-state index is 13.7. The molecule has 0 aliphatic heterocycles. The molecule has 0 saturated heterocycles. The SMILES string of the molecule is CCCCCCCCCCOc1ccc(OB(O)O)cc1F. The highest BCUT2D eigenvalue weighted by molar-refractivity contribution is 6.33. The summed E-state index contributed by atoms with van der Waals surface area (Å²) in [5, 5.41) is 17.3. The first-order valence-electron chi connectivity index (χ1n) is 8.08. The van der Waals surface area contributed by atoms with Gasteiger partial charge in [0.25, 0.3) is 0 Å². The normalized spacial score (nSPS) is 10.5. The van der Waals surface area contributed by atoms with Gasteiger partial charge in [0.1, 0.15) is 5.75 Å². The second-order valence-electron chi connectivity index (χ2n) is 5.36. The molecule has 124 valence electrons. The van der Waals surface area contributed by atoms with Gasteiger partial charge in [-0.3, -0.25) is 0 Å². The molecule has 0 saturated carbocycles. The summed E-state index contributed by atoms with van der Waals surface area (Å²) in [6.45, 7) is 2.69. The van der Waals surface area contributed by atoms with E-state index < -0.39 is 13.1 Å². The number of hydrogen-bond acceptors (Lipinski definition) is 4. The summed E-state index contributed by atoms with van der Waals surface area (Å²) < 4.78 is 23.6. The van der Waals surface area contributed by atoms with Crippen molar-refractivity contribution in [2.45, 2.75) is 58.3 Å². The number of ether oxygens (including phenoxy) is 1. The Morgan fingerprint density at radius 1 is 1.00 bits per heavy atom. The molecule has 0 unspecified atom stereocenters. The Labute approximate surface area is 132 Å². The van der Waals surface area contributed by atoms with Gasteiger partial charge in [-0.1, -0.05) is 51.9 Å². The summed E-state index contributed by atoms with van der Waals surface area (Å²) in [6.07, 6.45) is 9.62. The number of hydrogen-bond donors (Lipinski definition) is 2. The maximum Gasteiger partial charge on any atom is 0.707 e. The third kappa shape index (κ3) is 8.24. The van der Waals surface area contributed by atoms with Crippen molar-refractivity contribution >= 4 is 7.32 Å². The van der Waals surface area contributed by atoms with Crippen molar-refractivity contribution in [3.63, 3.8) is 0 Å². The molecule has 6 heteroatoms. The first kappa shape index (κ1) is 18.8. The second kappa shape index (κ2) is 11.3. The molecule has 0 radical (unpaired) electrons. The Balaban J connectivity index is 2.14. The van der Waals surface area contributed by atoms with E-state index in [2.05, 4.69) is 11.6 Å². The Hall–Kier alpha value is -1.27. The zero-order chi connectivity index (χ0) is 16.2. The summed E-state index contributed by atoms with van der Waals surface area (Å²) in [6, 6.07) is 3.94. The quantitative estimate of drug-likeness (QED) is 0.456. The van der Waals surface area contributed by atoms with Crippen LogP contribution in [0.25, 0.3) is 0 Å². The molecule has 0 bridgehead atoms. The molecule has 0 amide bonds. The van der Waals surface area contributed by atoms with E-state index in [0.29, 0.717) is 6.61 Å². The topological polar surface area (TPSA) is 58.9 Å². The van der Waals surface area contributed by atoms with Gasteiger partial charge in [0.05, 0.1) is 6.61 Å². The zero-order valence-electron chi connectivity index (χ0n) is 13.3. The summed E-state index contributed by atoms with van der Waals surface area (Å²) in [5.41, 5.74) is 0. The molecule has 22 heavy (non-hydrogen) atoms. The second-order valence-corrected chi connectivity index (χ2v) is 5.36. The summed E-state index contributed by atoms with van der Waals surface area (Å²) in [5.74, 6) is -0.368. The van der Waals surface area contributed by atoms with E-state index >= 15 is 0 Å². The van der Waals surface area contributed by atoms with Crippen LogP contribution in [-0.2, 0) is 0 Å². The molecule has 0 fully saturated rings. The minimum absolute atomic E-state index is 0.0481. The van der Waals surface area contributed by atoms with Gasteiger partial charge in [-0.2, -0.15) is 0 Å². The first-order chi connectivity index (χ1) is 10.6. The minimum Gasteiger partial charge on any atom is -0.512 e. The molecular formula is C16H26BFO4. The third-order valence-corrected chi connectivity index (χ3v) is 3.40. The molecule has 4 nitrogen and oxygen atoms in total. The van der Waals surface area contributed by atoms with Crippen molar-refractivity contribution in [3.8, 4) is 11.5 Å². The highest BCUT2D eigenvalue weighted by Crippen LogP contribution is 2.23. The lowest BCUT2D eigenvalue weighted by atomic mass is 10.1. The van der Waals surface area contributed by atoms with E-state index in [-0.39, 0.29) is 11.5 Å². The number of rotatable bonds is 12. The van der Waals surface area contributed by atoms with Crippen LogP contribution in [0.4, 0.5) is 4.39 Å². The molecule has 0 atom stereocenters. The van der Waals surface area contributed by atoms with E-state index in [1.54, 1.807) is 0 Å². The molecule has 0 aliphatic carbocycles. The smallest absolute Gasteiger partial charge is 0.512 e. The van der Waals surface area contributed by atoms with Gasteiger partial charge in [-0.25, -0.2) is 4.39 Å². The average Bonchev–Trinajstić information content (AvgIpc) is 2.47. The van der Waals surface area contributed by atoms with Crippen LogP contribution in [0.3, 0.4) is 0 Å². The fourth-order valence-corrected chi connectivity index (χ4v) is 2.21. The van der Waals surface area contributed by atoms with Crippen LogP contribution in [-0.4, -0.2) is 24.0 Å². The third-order valence-electron chi connectivity index (χ3n) is 3.40. The Morgan fingerprint density at radius 3 is 2.23 bits per heavy atom. The van der Waals surface area contributed by atoms with Gasteiger partial charge in [-0.15, -0.1) is 0 Å². The van der Waals surface area contributed by atoms with Crippen LogP contribution in [0.5, 0.6) is 11.5 Å². The first-order valence-corrected chi connectivity index (χ1v) is 8.08. The Morgan fingerprint density at radius 2 is 1.64 bits per heavy atom. The van der Waals surface area contributed by atoms with Gasteiger partial charge >= 0.3 is 7.32 Å². The van der Waals surface area contributed by atoms with Gasteiger partial charge in [0, 0.05) is 6.07 Å². The highest BCUT2D eigenvalue weighted by atomic mass is 19.1. The van der Waals surface area contributed by atoms with Gasteiger partial charge < -0.3 is 19.4 Å². The predicted molar refractivity (Wildman–Crippen MR) is 85.3 cm³/mol. The Kier molecular flexibility index (Phi) is 9.67. The molecule has 1 aromatic carbocycles. The van der Waals surface area contributed by atoms with Crippen molar-refractivity contribution < 1.29 is 23.8 Å². The summed E-state index contributed by atoms with van der Waals surface area (Å²) >= 11 is 0.